The van der Waals surface area contributed by atoms with Crippen molar-refractivity contribution >= 4 is 23.6 Å². The van der Waals surface area contributed by atoms with Crippen molar-refractivity contribution in [2.75, 3.05) is 0 Å². The molecular formula is C61H96Si. The predicted molar refractivity (Wildman–Crippen MR) is 282 cm³/mol. The van der Waals surface area contributed by atoms with Crippen LogP contribution in [-0.2, 0) is 38.5 Å². The van der Waals surface area contributed by atoms with Crippen LogP contribution in [0.15, 0.2) is 78.4 Å². The lowest BCUT2D eigenvalue weighted by molar-refractivity contribution is 0.661. The zero-order valence-corrected chi connectivity index (χ0v) is 42.9. The smallest absolute Gasteiger partial charge is 0.0790 e. The van der Waals surface area contributed by atoms with Crippen molar-refractivity contribution in [2.45, 2.75) is 253 Å². The molecule has 3 aromatic rings. The van der Waals surface area contributed by atoms with E-state index in [4.69, 9.17) is 0 Å². The molecule has 0 N–H and O–H groups in total. The van der Waals surface area contributed by atoms with Gasteiger partial charge in [-0.3, -0.25) is 0 Å². The fourth-order valence-electron chi connectivity index (χ4n) is 10.5. The molecule has 0 aliphatic heterocycles. The molecule has 0 bridgehead atoms. The topological polar surface area (TPSA) is 0 Å². The summed E-state index contributed by atoms with van der Waals surface area (Å²) in [5, 5.41) is 5.08. The lowest BCUT2D eigenvalue weighted by Gasteiger charge is -2.39. The molecule has 0 amide bonds. The summed E-state index contributed by atoms with van der Waals surface area (Å²) in [6.45, 7) is 16.5. The number of aryl methyl sites for hydroxylation is 6. The van der Waals surface area contributed by atoms with E-state index in [1.165, 1.54) is 198 Å². The van der Waals surface area contributed by atoms with Crippen LogP contribution in [0.25, 0.3) is 0 Å². The van der Waals surface area contributed by atoms with Gasteiger partial charge in [-0.2, -0.15) is 0 Å². The summed E-state index contributed by atoms with van der Waals surface area (Å²) in [5.41, 5.74) is 11.6. The lowest BCUT2D eigenvalue weighted by Crippen LogP contribution is -2.69. The van der Waals surface area contributed by atoms with Crippen LogP contribution >= 0.6 is 0 Å². The summed E-state index contributed by atoms with van der Waals surface area (Å²) in [6.07, 6.45) is 48.0. The van der Waals surface area contributed by atoms with Gasteiger partial charge < -0.3 is 0 Å². The van der Waals surface area contributed by atoms with Gasteiger partial charge in [0.15, 0.2) is 8.07 Å². The second kappa shape index (κ2) is 30.5. The van der Waals surface area contributed by atoms with Gasteiger partial charge in [-0.15, -0.1) is 0 Å². The van der Waals surface area contributed by atoms with E-state index in [1.807, 2.05) is 0 Å². The molecule has 0 heterocycles. The quantitative estimate of drug-likeness (QED) is 0.0314. The van der Waals surface area contributed by atoms with Crippen LogP contribution in [0.1, 0.15) is 242 Å². The van der Waals surface area contributed by atoms with Gasteiger partial charge in [0.25, 0.3) is 0 Å². The monoisotopic (exact) mass is 857 g/mol. The van der Waals surface area contributed by atoms with Gasteiger partial charge in [0, 0.05) is 5.54 Å². The minimum atomic E-state index is -2.73. The number of hydrogen-bond acceptors (Lipinski definition) is 0. The molecule has 0 fully saturated rings. The Morgan fingerprint density at radius 3 is 0.790 bits per heavy atom. The molecule has 1 atom stereocenters. The highest BCUT2D eigenvalue weighted by molar-refractivity contribution is 7.13. The molecule has 3 aromatic carbocycles. The SMILES string of the molecule is CCCCCCc1cc(CCCCCC)cc([Si](c2cc(CCCCCC)cc(CCCCCC)c2)(c2cc(CCCCCC)cc(CCCCCC)c2)C2C=CC(CC)=C2)c1. The standard InChI is InChI=1S/C61H96Si/c1-8-15-21-27-33-52-41-53(34-28-22-16-9-2)46-59(45-52)62(58-40-39-51(14-7)44-58,60-47-54(35-29-23-17-10-3)42-55(48-60)36-30-24-18-11-4)61-49-56(37-31-25-19-12-5)43-57(50-61)38-32-26-20-13-6/h39-50,58H,8-38H2,1-7H3. The fraction of sp³-hybridized carbons (Fsp3) is 0.639. The first-order valence-electron chi connectivity index (χ1n) is 27.2. The zero-order valence-electron chi connectivity index (χ0n) is 41.9. The molecular weight excluding hydrogens is 761 g/mol. The Morgan fingerprint density at radius 2 is 0.581 bits per heavy atom. The Balaban J connectivity index is 2.11. The van der Waals surface area contributed by atoms with E-state index in [0.717, 1.165) is 6.42 Å². The van der Waals surface area contributed by atoms with Gasteiger partial charge in [0.1, 0.15) is 0 Å². The Labute approximate surface area is 386 Å². The molecule has 1 aliphatic carbocycles. The lowest BCUT2D eigenvalue weighted by atomic mass is 10.00. The van der Waals surface area contributed by atoms with Crippen LogP contribution in [0.2, 0.25) is 5.54 Å². The summed E-state index contributed by atoms with van der Waals surface area (Å²) in [6, 6.07) is 24.7. The van der Waals surface area contributed by atoms with Crippen molar-refractivity contribution in [3.8, 4) is 0 Å². The maximum Gasteiger partial charge on any atom is 0.158 e. The van der Waals surface area contributed by atoms with Gasteiger partial charge >= 0.3 is 0 Å². The average molecular weight is 858 g/mol. The van der Waals surface area contributed by atoms with E-state index in [-0.39, 0.29) is 0 Å². The van der Waals surface area contributed by atoms with Crippen molar-refractivity contribution in [1.82, 2.24) is 0 Å². The molecule has 0 saturated heterocycles. The summed E-state index contributed by atoms with van der Waals surface area (Å²) in [4.78, 5) is 0. The van der Waals surface area contributed by atoms with Crippen LogP contribution in [-0.4, -0.2) is 8.07 Å². The van der Waals surface area contributed by atoms with E-state index in [9.17, 15) is 0 Å². The Hall–Kier alpha value is -2.64. The van der Waals surface area contributed by atoms with Crippen molar-refractivity contribution < 1.29 is 0 Å². The Morgan fingerprint density at radius 1 is 0.323 bits per heavy atom. The molecule has 344 valence electrons. The minimum absolute atomic E-state index is 0.396. The molecule has 1 aliphatic rings. The van der Waals surface area contributed by atoms with Crippen LogP contribution < -0.4 is 15.6 Å². The molecule has 0 nitrogen and oxygen atoms in total. The van der Waals surface area contributed by atoms with E-state index < -0.39 is 8.07 Å². The first-order chi connectivity index (χ1) is 30.4. The maximum atomic E-state index is 2.79. The maximum absolute atomic E-state index is 2.79. The number of rotatable bonds is 35. The minimum Gasteiger partial charge on any atom is -0.0790 e. The number of hydrogen-bond donors (Lipinski definition) is 0. The van der Waals surface area contributed by atoms with Crippen LogP contribution in [0, 0.1) is 0 Å². The largest absolute Gasteiger partial charge is 0.158 e. The van der Waals surface area contributed by atoms with Crippen molar-refractivity contribution in [1.29, 1.82) is 0 Å². The average Bonchev–Trinajstić information content (AvgIpc) is 3.77. The molecule has 1 heteroatoms. The zero-order chi connectivity index (χ0) is 44.3. The molecule has 1 unspecified atom stereocenters. The summed E-state index contributed by atoms with van der Waals surface area (Å²) in [5.74, 6) is 0. The highest BCUT2D eigenvalue weighted by atomic mass is 28.3. The number of unbranched alkanes of at least 4 members (excludes halogenated alkanes) is 18. The summed E-state index contributed by atoms with van der Waals surface area (Å²) < 4.78 is 0. The van der Waals surface area contributed by atoms with E-state index in [2.05, 4.69) is 121 Å². The van der Waals surface area contributed by atoms with E-state index >= 15 is 0 Å². The van der Waals surface area contributed by atoms with Crippen molar-refractivity contribution in [3.05, 3.63) is 112 Å². The first-order valence-corrected chi connectivity index (χ1v) is 29.3. The van der Waals surface area contributed by atoms with Gasteiger partial charge in [-0.25, -0.2) is 0 Å². The molecule has 4 rings (SSSR count). The highest BCUT2D eigenvalue weighted by Crippen LogP contribution is 2.35. The summed E-state index contributed by atoms with van der Waals surface area (Å²) in [7, 11) is -2.73. The van der Waals surface area contributed by atoms with Crippen molar-refractivity contribution in [3.63, 3.8) is 0 Å². The second-order valence-corrected chi connectivity index (χ2v) is 23.8. The number of benzene rings is 3. The predicted octanol–water partition coefficient (Wildman–Crippen LogP) is 17.2. The first kappa shape index (κ1) is 52.0. The third-order valence-corrected chi connectivity index (χ3v) is 19.2. The highest BCUT2D eigenvalue weighted by Gasteiger charge is 2.46. The fourth-order valence-corrected chi connectivity index (χ4v) is 16.0. The van der Waals surface area contributed by atoms with Crippen LogP contribution in [0.5, 0.6) is 0 Å². The molecule has 0 saturated carbocycles. The second-order valence-electron chi connectivity index (χ2n) is 19.8. The molecule has 62 heavy (non-hydrogen) atoms. The molecule has 0 spiro atoms. The normalized spacial score (nSPS) is 14.0. The third kappa shape index (κ3) is 16.7. The van der Waals surface area contributed by atoms with E-state index in [0.29, 0.717) is 5.54 Å². The Bertz CT molecular complexity index is 1460. The van der Waals surface area contributed by atoms with Crippen molar-refractivity contribution in [2.24, 2.45) is 0 Å². The van der Waals surface area contributed by atoms with Gasteiger partial charge in [0.05, 0.1) is 0 Å². The molecule has 0 aromatic heterocycles. The van der Waals surface area contributed by atoms with Crippen LogP contribution in [0.4, 0.5) is 0 Å². The molecule has 0 radical (unpaired) electrons. The van der Waals surface area contributed by atoms with Crippen LogP contribution in [0.3, 0.4) is 0 Å². The van der Waals surface area contributed by atoms with Gasteiger partial charge in [0.2, 0.25) is 0 Å². The number of allylic oxidation sites excluding steroid dienone is 4. The third-order valence-electron chi connectivity index (χ3n) is 14.3. The van der Waals surface area contributed by atoms with E-state index in [1.54, 1.807) is 48.9 Å². The van der Waals surface area contributed by atoms with Gasteiger partial charge in [-0.05, 0) is 132 Å². The van der Waals surface area contributed by atoms with Gasteiger partial charge in [-0.1, -0.05) is 242 Å². The Kier molecular flexibility index (Phi) is 25.6. The summed E-state index contributed by atoms with van der Waals surface area (Å²) >= 11 is 0.